The van der Waals surface area contributed by atoms with Gasteiger partial charge in [0.1, 0.15) is 0 Å². The van der Waals surface area contributed by atoms with E-state index < -0.39 is 24.0 Å². The molecule has 0 spiro atoms. The van der Waals surface area contributed by atoms with Crippen LogP contribution >= 0.6 is 0 Å². The first-order valence-electron chi connectivity index (χ1n) is 13.4. The van der Waals surface area contributed by atoms with Crippen LogP contribution in [-0.4, -0.2) is 6.61 Å². The van der Waals surface area contributed by atoms with Crippen molar-refractivity contribution in [1.29, 1.82) is 0 Å². The Morgan fingerprint density at radius 3 is 2.00 bits per heavy atom. The van der Waals surface area contributed by atoms with E-state index in [4.69, 9.17) is 0 Å². The minimum atomic E-state index is -3.23. The summed E-state index contributed by atoms with van der Waals surface area (Å²) in [5, 5.41) is 0. The van der Waals surface area contributed by atoms with Gasteiger partial charge in [0.15, 0.2) is 17.4 Å². The van der Waals surface area contributed by atoms with Gasteiger partial charge in [0.25, 0.3) is 0 Å². The molecule has 3 aliphatic rings. The summed E-state index contributed by atoms with van der Waals surface area (Å²) in [4.78, 5) is 0. The highest BCUT2D eigenvalue weighted by atomic mass is 19.3. The molecule has 0 aliphatic heterocycles. The Labute approximate surface area is 196 Å². The van der Waals surface area contributed by atoms with Gasteiger partial charge < -0.3 is 4.74 Å². The Kier molecular flexibility index (Phi) is 8.62. The first-order chi connectivity index (χ1) is 15.9. The number of rotatable bonds is 8. The van der Waals surface area contributed by atoms with Crippen LogP contribution < -0.4 is 4.74 Å². The lowest BCUT2D eigenvalue weighted by Crippen LogP contribution is -2.34. The van der Waals surface area contributed by atoms with Gasteiger partial charge in [-0.05, 0) is 105 Å². The zero-order valence-corrected chi connectivity index (χ0v) is 20.0. The molecule has 1 aromatic carbocycles. The Hall–Kier alpha value is -1.26. The summed E-state index contributed by atoms with van der Waals surface area (Å²) in [7, 11) is 0. The van der Waals surface area contributed by atoms with Gasteiger partial charge in [-0.3, -0.25) is 0 Å². The van der Waals surface area contributed by atoms with Crippen molar-refractivity contribution in [2.24, 2.45) is 29.6 Å². The standard InChI is InChI=1S/C28H40F4O/c1-2-3-4-5-18-6-8-19(9-7-18)20-10-11-22-15-23(13-12-21(22)14-20)24-16-25(29)27(26(30)17-24)33-28(31)32/h16-23,28H,2-15H2,1H3. The third kappa shape index (κ3) is 6.25. The molecular formula is C28H40F4O. The zero-order valence-electron chi connectivity index (χ0n) is 20.0. The molecule has 1 aromatic rings. The second-order valence-corrected chi connectivity index (χ2v) is 11.1. The molecule has 3 aliphatic carbocycles. The molecule has 0 bridgehead atoms. The summed E-state index contributed by atoms with van der Waals surface area (Å²) >= 11 is 0. The van der Waals surface area contributed by atoms with Crippen molar-refractivity contribution in [1.82, 2.24) is 0 Å². The van der Waals surface area contributed by atoms with Gasteiger partial charge in [0.05, 0.1) is 0 Å². The lowest BCUT2D eigenvalue weighted by atomic mass is 9.60. The van der Waals surface area contributed by atoms with E-state index in [0.717, 1.165) is 42.9 Å². The topological polar surface area (TPSA) is 9.23 Å². The van der Waals surface area contributed by atoms with Gasteiger partial charge in [-0.15, -0.1) is 0 Å². The summed E-state index contributed by atoms with van der Waals surface area (Å²) in [6, 6.07) is 2.41. The van der Waals surface area contributed by atoms with Gasteiger partial charge in [-0.25, -0.2) is 8.78 Å². The van der Waals surface area contributed by atoms with Crippen LogP contribution in [0.5, 0.6) is 5.75 Å². The molecular weight excluding hydrogens is 428 g/mol. The Balaban J connectivity index is 1.28. The first-order valence-corrected chi connectivity index (χ1v) is 13.4. The van der Waals surface area contributed by atoms with E-state index in [0.29, 0.717) is 11.5 Å². The monoisotopic (exact) mass is 468 g/mol. The molecule has 0 heterocycles. The number of hydrogen-bond acceptors (Lipinski definition) is 1. The maximum Gasteiger partial charge on any atom is 0.387 e. The fraction of sp³-hybridized carbons (Fsp3) is 0.786. The van der Waals surface area contributed by atoms with Crippen molar-refractivity contribution in [2.75, 3.05) is 0 Å². The minimum absolute atomic E-state index is 0.103. The summed E-state index contributed by atoms with van der Waals surface area (Å²) in [6.45, 7) is -0.958. The predicted molar refractivity (Wildman–Crippen MR) is 123 cm³/mol. The Bertz CT molecular complexity index is 735. The average molecular weight is 469 g/mol. The first kappa shape index (κ1) is 24.9. The van der Waals surface area contributed by atoms with Crippen molar-refractivity contribution < 1.29 is 22.3 Å². The Morgan fingerprint density at radius 1 is 0.788 bits per heavy atom. The molecule has 0 saturated heterocycles. The highest BCUT2D eigenvalue weighted by Crippen LogP contribution is 2.51. The van der Waals surface area contributed by atoms with Crippen LogP contribution in [-0.2, 0) is 0 Å². The number of fused-ring (bicyclic) bond motifs is 1. The molecule has 0 aromatic heterocycles. The zero-order chi connectivity index (χ0) is 23.4. The molecule has 0 N–H and O–H groups in total. The second-order valence-electron chi connectivity index (χ2n) is 11.1. The van der Waals surface area contributed by atoms with Gasteiger partial charge in [-0.1, -0.05) is 45.4 Å². The number of benzene rings is 1. The van der Waals surface area contributed by atoms with E-state index in [1.54, 1.807) is 0 Å². The summed E-state index contributed by atoms with van der Waals surface area (Å²) < 4.78 is 57.3. The molecule has 4 atom stereocenters. The summed E-state index contributed by atoms with van der Waals surface area (Å²) in [6.07, 6.45) is 18.0. The maximum absolute atomic E-state index is 14.2. The van der Waals surface area contributed by atoms with Crippen LogP contribution in [0.25, 0.3) is 0 Å². The summed E-state index contributed by atoms with van der Waals surface area (Å²) in [5.41, 5.74) is 0.591. The molecule has 5 heteroatoms. The average Bonchev–Trinajstić information content (AvgIpc) is 2.81. The molecule has 0 amide bonds. The molecule has 4 rings (SSSR count). The quantitative estimate of drug-likeness (QED) is 0.273. The number of alkyl halides is 2. The maximum atomic E-state index is 14.2. The van der Waals surface area contributed by atoms with Crippen LogP contribution in [0, 0.1) is 41.2 Å². The SMILES string of the molecule is CCCCCC1CCC(C2CCC3CC(c4cc(F)c(OC(F)F)c(F)c4)CCC3C2)CC1. The van der Waals surface area contributed by atoms with E-state index in [1.807, 2.05) is 0 Å². The largest absolute Gasteiger partial charge is 0.429 e. The van der Waals surface area contributed by atoms with Crippen LogP contribution in [0.4, 0.5) is 17.6 Å². The lowest BCUT2D eigenvalue weighted by molar-refractivity contribution is -0.0546. The molecule has 4 unspecified atom stereocenters. The van der Waals surface area contributed by atoms with Crippen LogP contribution in [0.2, 0.25) is 0 Å². The normalized spacial score (nSPS) is 32.5. The fourth-order valence-electron chi connectivity index (χ4n) is 7.30. The van der Waals surface area contributed by atoms with E-state index in [1.165, 1.54) is 82.8 Å². The van der Waals surface area contributed by atoms with E-state index >= 15 is 0 Å². The molecule has 3 fully saturated rings. The predicted octanol–water partition coefficient (Wildman–Crippen LogP) is 9.25. The van der Waals surface area contributed by atoms with Gasteiger partial charge in [-0.2, -0.15) is 8.78 Å². The number of unbranched alkanes of at least 4 members (excludes halogenated alkanes) is 2. The van der Waals surface area contributed by atoms with E-state index in [9.17, 15) is 17.6 Å². The number of hydrogen-bond donors (Lipinski definition) is 0. The number of halogens is 4. The van der Waals surface area contributed by atoms with Crippen molar-refractivity contribution in [3.63, 3.8) is 0 Å². The number of ether oxygens (including phenoxy) is 1. The van der Waals surface area contributed by atoms with Crippen LogP contribution in [0.15, 0.2) is 12.1 Å². The van der Waals surface area contributed by atoms with Crippen molar-refractivity contribution >= 4 is 0 Å². The second kappa shape index (κ2) is 11.4. The van der Waals surface area contributed by atoms with Crippen molar-refractivity contribution in [3.8, 4) is 5.75 Å². The van der Waals surface area contributed by atoms with Crippen LogP contribution in [0.3, 0.4) is 0 Å². The van der Waals surface area contributed by atoms with E-state index in [2.05, 4.69) is 11.7 Å². The fourth-order valence-corrected chi connectivity index (χ4v) is 7.30. The highest BCUT2D eigenvalue weighted by Gasteiger charge is 2.39. The third-order valence-electron chi connectivity index (χ3n) is 9.13. The molecule has 0 radical (unpaired) electrons. The Morgan fingerprint density at radius 2 is 1.36 bits per heavy atom. The molecule has 1 nitrogen and oxygen atoms in total. The molecule has 186 valence electrons. The third-order valence-corrected chi connectivity index (χ3v) is 9.13. The summed E-state index contributed by atoms with van der Waals surface area (Å²) in [5.74, 6) is 1.15. The van der Waals surface area contributed by atoms with E-state index in [-0.39, 0.29) is 5.92 Å². The van der Waals surface area contributed by atoms with Crippen LogP contribution in [0.1, 0.15) is 108 Å². The van der Waals surface area contributed by atoms with Crippen molar-refractivity contribution in [2.45, 2.75) is 109 Å². The molecule has 33 heavy (non-hydrogen) atoms. The van der Waals surface area contributed by atoms with Gasteiger partial charge in [0, 0.05) is 0 Å². The molecule has 3 saturated carbocycles. The van der Waals surface area contributed by atoms with Crippen molar-refractivity contribution in [3.05, 3.63) is 29.3 Å². The minimum Gasteiger partial charge on any atom is -0.429 e. The van der Waals surface area contributed by atoms with Gasteiger partial charge in [0.2, 0.25) is 0 Å². The highest BCUT2D eigenvalue weighted by molar-refractivity contribution is 5.33. The lowest BCUT2D eigenvalue weighted by Gasteiger charge is -2.45. The smallest absolute Gasteiger partial charge is 0.387 e. The van der Waals surface area contributed by atoms with Gasteiger partial charge >= 0.3 is 6.61 Å².